The van der Waals surface area contributed by atoms with Gasteiger partial charge in [0, 0.05) is 5.92 Å². The molecule has 18 heavy (non-hydrogen) atoms. The van der Waals surface area contributed by atoms with Gasteiger partial charge in [0.1, 0.15) is 5.25 Å². The number of alkyl halides is 2. The predicted octanol–water partition coefficient (Wildman–Crippen LogP) is 0.186. The van der Waals surface area contributed by atoms with Gasteiger partial charge in [-0.1, -0.05) is 0 Å². The zero-order valence-electron chi connectivity index (χ0n) is 8.95. The van der Waals surface area contributed by atoms with Crippen LogP contribution in [-0.4, -0.2) is 43.1 Å². The molecule has 9 heteroatoms. The fraction of sp³-hybridized carbons (Fsp3) is 0.889. The molecule has 102 valence electrons. The van der Waals surface area contributed by atoms with Crippen molar-refractivity contribution in [2.24, 2.45) is 11.8 Å². The molecule has 0 spiro atoms. The molecule has 1 saturated heterocycles. The van der Waals surface area contributed by atoms with Crippen LogP contribution >= 0.6 is 0 Å². The maximum Gasteiger partial charge on any atom is 0.456 e. The van der Waals surface area contributed by atoms with E-state index in [0.29, 0.717) is 12.8 Å². The number of aliphatic carboxylic acids is 1. The molecule has 0 aromatic carbocycles. The second kappa shape index (κ2) is 3.40. The molecule has 3 aliphatic rings. The van der Waals surface area contributed by atoms with Crippen molar-refractivity contribution in [2.75, 3.05) is 0 Å². The molecule has 1 heterocycles. The van der Waals surface area contributed by atoms with Crippen LogP contribution < -0.4 is 0 Å². The third-order valence-corrected chi connectivity index (χ3v) is 5.72. The van der Waals surface area contributed by atoms with Gasteiger partial charge in [-0.15, -0.1) is 0 Å². The standard InChI is InChI=1S/C9H10F2O6S/c10-9(11,8(12)13)16-6-3-1-4-5(2-3)17-18(14,15)7(4)6/h3-7H,1-2H2,(H,12,13). The lowest BCUT2D eigenvalue weighted by atomic mass is 9.95. The zero-order valence-corrected chi connectivity index (χ0v) is 9.77. The van der Waals surface area contributed by atoms with Gasteiger partial charge in [0.05, 0.1) is 12.2 Å². The van der Waals surface area contributed by atoms with Gasteiger partial charge in [0.15, 0.2) is 0 Å². The van der Waals surface area contributed by atoms with Crippen LogP contribution in [0.1, 0.15) is 12.8 Å². The number of halogens is 2. The van der Waals surface area contributed by atoms with E-state index in [-0.39, 0.29) is 11.8 Å². The molecule has 1 aliphatic heterocycles. The molecule has 0 amide bonds. The quantitative estimate of drug-likeness (QED) is 0.744. The van der Waals surface area contributed by atoms with Gasteiger partial charge in [0.25, 0.3) is 10.1 Å². The van der Waals surface area contributed by atoms with Crippen LogP contribution in [0.2, 0.25) is 0 Å². The van der Waals surface area contributed by atoms with Crippen molar-refractivity contribution in [3.8, 4) is 0 Å². The Balaban J connectivity index is 1.89. The molecule has 3 fully saturated rings. The summed E-state index contributed by atoms with van der Waals surface area (Å²) in [6, 6.07) is 0. The number of carboxylic acids is 1. The Hall–Kier alpha value is -0.800. The van der Waals surface area contributed by atoms with Crippen LogP contribution in [-0.2, 0) is 23.8 Å². The molecule has 0 radical (unpaired) electrons. The zero-order chi connectivity index (χ0) is 13.3. The second-order valence-electron chi connectivity index (χ2n) is 4.89. The summed E-state index contributed by atoms with van der Waals surface area (Å²) in [5.74, 6) is -3.15. The number of rotatable bonds is 3. The molecule has 2 bridgehead atoms. The molecular formula is C9H10F2O6S. The normalized spacial score (nSPS) is 44.4. The lowest BCUT2D eigenvalue weighted by Gasteiger charge is -2.27. The number of ether oxygens (including phenoxy) is 1. The van der Waals surface area contributed by atoms with Crippen LogP contribution in [0.4, 0.5) is 8.78 Å². The minimum absolute atomic E-state index is 0.320. The Morgan fingerprint density at radius 3 is 2.67 bits per heavy atom. The fourth-order valence-electron chi connectivity index (χ4n) is 3.31. The highest BCUT2D eigenvalue weighted by molar-refractivity contribution is 7.87. The Bertz CT molecular complexity index is 501. The smallest absolute Gasteiger partial charge is 0.456 e. The summed E-state index contributed by atoms with van der Waals surface area (Å²) in [5, 5.41) is 7.15. The first-order chi connectivity index (χ1) is 8.22. The van der Waals surface area contributed by atoms with E-state index >= 15 is 0 Å². The monoisotopic (exact) mass is 284 g/mol. The van der Waals surface area contributed by atoms with Gasteiger partial charge in [-0.3, -0.25) is 4.18 Å². The van der Waals surface area contributed by atoms with Gasteiger partial charge in [-0.2, -0.15) is 17.2 Å². The highest BCUT2D eigenvalue weighted by Gasteiger charge is 2.67. The summed E-state index contributed by atoms with van der Waals surface area (Å²) in [6.45, 7) is 0. The van der Waals surface area contributed by atoms with E-state index in [1.165, 1.54) is 0 Å². The van der Waals surface area contributed by atoms with Gasteiger partial charge in [0.2, 0.25) is 0 Å². The van der Waals surface area contributed by atoms with E-state index in [2.05, 4.69) is 4.74 Å². The number of carboxylic acid groups (broad SMARTS) is 1. The Morgan fingerprint density at radius 2 is 2.06 bits per heavy atom. The number of hydrogen-bond donors (Lipinski definition) is 1. The maximum atomic E-state index is 13.0. The van der Waals surface area contributed by atoms with Crippen LogP contribution in [0.3, 0.4) is 0 Å². The first kappa shape index (κ1) is 12.2. The minimum Gasteiger partial charge on any atom is -0.475 e. The average molecular weight is 284 g/mol. The first-order valence-electron chi connectivity index (χ1n) is 5.43. The van der Waals surface area contributed by atoms with E-state index in [9.17, 15) is 22.0 Å². The van der Waals surface area contributed by atoms with Crippen molar-refractivity contribution in [1.82, 2.24) is 0 Å². The minimum atomic E-state index is -4.37. The van der Waals surface area contributed by atoms with Crippen LogP contribution in [0.5, 0.6) is 0 Å². The molecule has 5 atom stereocenters. The highest BCUT2D eigenvalue weighted by atomic mass is 32.2. The molecular weight excluding hydrogens is 274 g/mol. The molecule has 2 saturated carbocycles. The van der Waals surface area contributed by atoms with Gasteiger partial charge in [-0.25, -0.2) is 4.79 Å². The Labute approximate surface area is 101 Å². The highest BCUT2D eigenvalue weighted by Crippen LogP contribution is 2.56. The number of carbonyl (C=O) groups is 1. The molecule has 0 aromatic rings. The maximum absolute atomic E-state index is 13.0. The third-order valence-electron chi connectivity index (χ3n) is 3.92. The van der Waals surface area contributed by atoms with E-state index in [0.717, 1.165) is 0 Å². The summed E-state index contributed by atoms with van der Waals surface area (Å²) < 4.78 is 58.5. The first-order valence-corrected chi connectivity index (χ1v) is 6.90. The summed E-state index contributed by atoms with van der Waals surface area (Å²) in [4.78, 5) is 10.3. The van der Waals surface area contributed by atoms with Crippen molar-refractivity contribution >= 4 is 16.1 Å². The van der Waals surface area contributed by atoms with E-state index < -0.39 is 39.7 Å². The van der Waals surface area contributed by atoms with Crippen molar-refractivity contribution in [2.45, 2.75) is 36.4 Å². The van der Waals surface area contributed by atoms with Gasteiger partial charge in [-0.05, 0) is 18.8 Å². The average Bonchev–Trinajstić information content (AvgIpc) is 2.76. The Morgan fingerprint density at radius 1 is 1.39 bits per heavy atom. The van der Waals surface area contributed by atoms with Gasteiger partial charge < -0.3 is 9.84 Å². The fourth-order valence-corrected chi connectivity index (χ4v) is 5.32. The van der Waals surface area contributed by atoms with E-state index in [4.69, 9.17) is 9.29 Å². The largest absolute Gasteiger partial charge is 0.475 e. The molecule has 1 N–H and O–H groups in total. The third kappa shape index (κ3) is 1.50. The molecule has 6 nitrogen and oxygen atoms in total. The lowest BCUT2D eigenvalue weighted by molar-refractivity contribution is -0.267. The van der Waals surface area contributed by atoms with Crippen LogP contribution in [0, 0.1) is 11.8 Å². The molecule has 2 aliphatic carbocycles. The molecule has 3 rings (SSSR count). The summed E-state index contributed by atoms with van der Waals surface area (Å²) >= 11 is 0. The summed E-state index contributed by atoms with van der Waals surface area (Å²) in [7, 11) is -3.93. The van der Waals surface area contributed by atoms with Crippen LogP contribution in [0.25, 0.3) is 0 Å². The van der Waals surface area contributed by atoms with E-state index in [1.807, 2.05) is 0 Å². The molecule has 0 aromatic heterocycles. The second-order valence-corrected chi connectivity index (χ2v) is 6.61. The van der Waals surface area contributed by atoms with Crippen LogP contribution in [0.15, 0.2) is 0 Å². The summed E-state index contributed by atoms with van der Waals surface area (Å²) in [5.41, 5.74) is 0. The van der Waals surface area contributed by atoms with Crippen molar-refractivity contribution in [3.05, 3.63) is 0 Å². The Kier molecular flexibility index (Phi) is 2.31. The van der Waals surface area contributed by atoms with Gasteiger partial charge >= 0.3 is 12.1 Å². The summed E-state index contributed by atoms with van der Waals surface area (Å²) in [6.07, 6.45) is -5.38. The SMILES string of the molecule is O=C(O)C(F)(F)OC1C2CC3OS(=O)(=O)C1C3C2. The molecule has 5 unspecified atom stereocenters. The predicted molar refractivity (Wildman–Crippen MR) is 51.3 cm³/mol. The van der Waals surface area contributed by atoms with Crippen molar-refractivity contribution < 1.29 is 36.0 Å². The van der Waals surface area contributed by atoms with Crippen molar-refractivity contribution in [3.63, 3.8) is 0 Å². The lowest BCUT2D eigenvalue weighted by Crippen LogP contribution is -2.45. The van der Waals surface area contributed by atoms with E-state index in [1.54, 1.807) is 0 Å². The number of hydrogen-bond acceptors (Lipinski definition) is 5. The topological polar surface area (TPSA) is 89.9 Å². The van der Waals surface area contributed by atoms with Crippen molar-refractivity contribution in [1.29, 1.82) is 0 Å². The number of fused-ring (bicyclic) bond motifs is 1.